The molecule has 1 aliphatic rings. The van der Waals surface area contributed by atoms with Crippen molar-refractivity contribution in [1.29, 1.82) is 0 Å². The molecule has 0 atom stereocenters. The predicted molar refractivity (Wildman–Crippen MR) is 74.5 cm³/mol. The van der Waals surface area contributed by atoms with Crippen LogP contribution in [0.4, 0.5) is 0 Å². The van der Waals surface area contributed by atoms with Gasteiger partial charge in [0.1, 0.15) is 0 Å². The Balaban J connectivity index is 2.02. The minimum Gasteiger partial charge on any atom is -0.381 e. The van der Waals surface area contributed by atoms with E-state index in [0.29, 0.717) is 5.92 Å². The molecule has 0 spiro atoms. The van der Waals surface area contributed by atoms with E-state index in [1.807, 2.05) is 6.20 Å². The van der Waals surface area contributed by atoms with E-state index in [0.717, 1.165) is 36.2 Å². The normalized spacial score (nSPS) is 16.9. The molecule has 2 heterocycles. The van der Waals surface area contributed by atoms with Gasteiger partial charge < -0.3 is 9.72 Å². The minimum absolute atomic E-state index is 0.588. The van der Waals surface area contributed by atoms with Crippen LogP contribution in [0.25, 0.3) is 11.3 Å². The average molecular weight is 307 g/mol. The third kappa shape index (κ3) is 2.35. The molecule has 2 aromatic rings. The molecule has 1 aliphatic heterocycles. The van der Waals surface area contributed by atoms with Gasteiger partial charge in [-0.25, -0.2) is 4.98 Å². The second kappa shape index (κ2) is 5.24. The highest BCUT2D eigenvalue weighted by Crippen LogP contribution is 2.35. The number of hydrogen-bond donors (Lipinski definition) is 1. The third-order valence-electron chi connectivity index (χ3n) is 3.46. The monoisotopic (exact) mass is 306 g/mol. The zero-order valence-corrected chi connectivity index (χ0v) is 11.6. The molecular weight excluding hydrogens is 292 g/mol. The molecule has 18 heavy (non-hydrogen) atoms. The van der Waals surface area contributed by atoms with Crippen molar-refractivity contribution in [2.24, 2.45) is 0 Å². The van der Waals surface area contributed by atoms with Gasteiger partial charge in [0.05, 0.1) is 18.2 Å². The second-order valence-electron chi connectivity index (χ2n) is 4.58. The maximum Gasteiger partial charge on any atom is 0.0924 e. The lowest BCUT2D eigenvalue weighted by molar-refractivity contribution is 0.0854. The zero-order valence-electron chi connectivity index (χ0n) is 10.0. The molecule has 1 saturated heterocycles. The van der Waals surface area contributed by atoms with E-state index in [1.165, 1.54) is 11.1 Å². The van der Waals surface area contributed by atoms with Crippen molar-refractivity contribution in [2.75, 3.05) is 13.2 Å². The van der Waals surface area contributed by atoms with Crippen LogP contribution >= 0.6 is 15.9 Å². The Morgan fingerprint density at radius 3 is 2.83 bits per heavy atom. The fourth-order valence-corrected chi connectivity index (χ4v) is 2.89. The first-order chi connectivity index (χ1) is 8.84. The summed E-state index contributed by atoms with van der Waals surface area (Å²) in [5.41, 5.74) is 3.72. The SMILES string of the molecule is Brc1ccc(C2CCOCC2)c(-c2cnc[nH]2)c1. The number of halogens is 1. The standard InChI is InChI=1S/C14H15BrN2O/c15-11-1-2-12(10-3-5-18-6-4-10)13(7-11)14-8-16-9-17-14/h1-2,7-10H,3-6H2,(H,16,17). The number of ether oxygens (including phenoxy) is 1. The number of H-pyrrole nitrogens is 1. The van der Waals surface area contributed by atoms with Crippen LogP contribution < -0.4 is 0 Å². The number of aromatic nitrogens is 2. The molecule has 0 aliphatic carbocycles. The number of hydrogen-bond acceptors (Lipinski definition) is 2. The highest BCUT2D eigenvalue weighted by Gasteiger charge is 2.20. The number of imidazole rings is 1. The first kappa shape index (κ1) is 11.9. The van der Waals surface area contributed by atoms with Crippen molar-refractivity contribution >= 4 is 15.9 Å². The summed E-state index contributed by atoms with van der Waals surface area (Å²) in [6, 6.07) is 6.50. The lowest BCUT2D eigenvalue weighted by Gasteiger charge is -2.24. The summed E-state index contributed by atoms with van der Waals surface area (Å²) in [5.74, 6) is 0.588. The zero-order chi connectivity index (χ0) is 12.4. The lowest BCUT2D eigenvalue weighted by Crippen LogP contribution is -2.14. The molecule has 0 saturated carbocycles. The first-order valence-electron chi connectivity index (χ1n) is 6.20. The molecule has 94 valence electrons. The number of aromatic amines is 1. The Hall–Kier alpha value is -1.13. The van der Waals surface area contributed by atoms with Crippen LogP contribution in [-0.2, 0) is 4.74 Å². The lowest BCUT2D eigenvalue weighted by atomic mass is 9.87. The van der Waals surface area contributed by atoms with E-state index in [1.54, 1.807) is 6.33 Å². The van der Waals surface area contributed by atoms with Gasteiger partial charge in [-0.3, -0.25) is 0 Å². The van der Waals surface area contributed by atoms with Gasteiger partial charge in [0.2, 0.25) is 0 Å². The molecule has 0 bridgehead atoms. The second-order valence-corrected chi connectivity index (χ2v) is 5.50. The fraction of sp³-hybridized carbons (Fsp3) is 0.357. The van der Waals surface area contributed by atoms with Gasteiger partial charge in [-0.15, -0.1) is 0 Å². The minimum atomic E-state index is 0.588. The van der Waals surface area contributed by atoms with Gasteiger partial charge in [-0.1, -0.05) is 22.0 Å². The Kier molecular flexibility index (Phi) is 3.48. The van der Waals surface area contributed by atoms with Crippen LogP contribution in [0.15, 0.2) is 35.2 Å². The summed E-state index contributed by atoms with van der Waals surface area (Å²) in [5, 5.41) is 0. The van der Waals surface area contributed by atoms with E-state index in [4.69, 9.17) is 4.74 Å². The van der Waals surface area contributed by atoms with Crippen molar-refractivity contribution in [3.63, 3.8) is 0 Å². The highest BCUT2D eigenvalue weighted by atomic mass is 79.9. The maximum atomic E-state index is 5.45. The maximum absolute atomic E-state index is 5.45. The molecule has 1 N–H and O–H groups in total. The molecule has 0 unspecified atom stereocenters. The average Bonchev–Trinajstić information content (AvgIpc) is 2.93. The Bertz CT molecular complexity index is 519. The van der Waals surface area contributed by atoms with E-state index in [9.17, 15) is 0 Å². The van der Waals surface area contributed by atoms with Gasteiger partial charge in [0, 0.05) is 23.2 Å². The summed E-state index contributed by atoms with van der Waals surface area (Å²) in [6.45, 7) is 1.73. The molecule has 0 amide bonds. The Morgan fingerprint density at radius 2 is 2.11 bits per heavy atom. The smallest absolute Gasteiger partial charge is 0.0924 e. The van der Waals surface area contributed by atoms with Gasteiger partial charge in [0.15, 0.2) is 0 Å². The topological polar surface area (TPSA) is 37.9 Å². The molecule has 1 aromatic heterocycles. The number of benzene rings is 1. The molecule has 4 heteroatoms. The van der Waals surface area contributed by atoms with Crippen LogP contribution in [0, 0.1) is 0 Å². The summed E-state index contributed by atoms with van der Waals surface area (Å²) in [4.78, 5) is 7.32. The van der Waals surface area contributed by atoms with Crippen LogP contribution in [0.5, 0.6) is 0 Å². The quantitative estimate of drug-likeness (QED) is 0.918. The highest BCUT2D eigenvalue weighted by molar-refractivity contribution is 9.10. The number of rotatable bonds is 2. The van der Waals surface area contributed by atoms with Crippen molar-refractivity contribution in [3.8, 4) is 11.3 Å². The predicted octanol–water partition coefficient (Wildman–Crippen LogP) is 3.73. The largest absolute Gasteiger partial charge is 0.381 e. The molecule has 0 radical (unpaired) electrons. The summed E-state index contributed by atoms with van der Waals surface area (Å²) < 4.78 is 6.55. The number of nitrogens with zero attached hydrogens (tertiary/aromatic N) is 1. The van der Waals surface area contributed by atoms with Crippen LogP contribution in [0.2, 0.25) is 0 Å². The van der Waals surface area contributed by atoms with Crippen molar-refractivity contribution in [3.05, 3.63) is 40.8 Å². The van der Waals surface area contributed by atoms with Crippen LogP contribution in [0.3, 0.4) is 0 Å². The van der Waals surface area contributed by atoms with E-state index in [-0.39, 0.29) is 0 Å². The fourth-order valence-electron chi connectivity index (χ4n) is 2.53. The Morgan fingerprint density at radius 1 is 1.28 bits per heavy atom. The molecule has 1 aromatic carbocycles. The van der Waals surface area contributed by atoms with Gasteiger partial charge in [-0.2, -0.15) is 0 Å². The van der Waals surface area contributed by atoms with Crippen LogP contribution in [-0.4, -0.2) is 23.2 Å². The van der Waals surface area contributed by atoms with Gasteiger partial charge in [-0.05, 0) is 36.5 Å². The summed E-state index contributed by atoms with van der Waals surface area (Å²) >= 11 is 3.55. The molecule has 3 nitrogen and oxygen atoms in total. The van der Waals surface area contributed by atoms with Crippen molar-refractivity contribution in [1.82, 2.24) is 9.97 Å². The third-order valence-corrected chi connectivity index (χ3v) is 3.96. The first-order valence-corrected chi connectivity index (χ1v) is 7.00. The van der Waals surface area contributed by atoms with Gasteiger partial charge >= 0.3 is 0 Å². The van der Waals surface area contributed by atoms with E-state index >= 15 is 0 Å². The Labute approximate surface area is 115 Å². The molecule has 3 rings (SSSR count). The molecular formula is C14H15BrN2O. The van der Waals surface area contributed by atoms with Crippen molar-refractivity contribution in [2.45, 2.75) is 18.8 Å². The van der Waals surface area contributed by atoms with Gasteiger partial charge in [0.25, 0.3) is 0 Å². The number of nitrogens with one attached hydrogen (secondary N) is 1. The summed E-state index contributed by atoms with van der Waals surface area (Å²) in [6.07, 6.45) is 5.81. The molecule has 1 fully saturated rings. The van der Waals surface area contributed by atoms with E-state index in [2.05, 4.69) is 44.1 Å². The van der Waals surface area contributed by atoms with E-state index < -0.39 is 0 Å². The summed E-state index contributed by atoms with van der Waals surface area (Å²) in [7, 11) is 0. The van der Waals surface area contributed by atoms with Crippen molar-refractivity contribution < 1.29 is 4.74 Å². The van der Waals surface area contributed by atoms with Crippen LogP contribution in [0.1, 0.15) is 24.3 Å².